The number of nitrogens with zero attached hydrogens (tertiary/aromatic N) is 6. The summed E-state index contributed by atoms with van der Waals surface area (Å²) in [5.74, 6) is 1.83. The van der Waals surface area contributed by atoms with Gasteiger partial charge in [-0.05, 0) is 53.4 Å². The fourth-order valence-corrected chi connectivity index (χ4v) is 4.08. The number of aryl methyl sites for hydroxylation is 1. The SMILES string of the molecule is CCN(c1nc(C)nc2c1nnn2-c1ccc(C(C)C)cc1Br)C(COC)COC. The minimum atomic E-state index is 0.00436. The first-order valence-electron chi connectivity index (χ1n) is 10.1. The maximum absolute atomic E-state index is 5.41. The van der Waals surface area contributed by atoms with E-state index in [1.807, 2.05) is 13.0 Å². The van der Waals surface area contributed by atoms with E-state index in [0.717, 1.165) is 22.5 Å². The molecule has 0 saturated carbocycles. The molecule has 3 aromatic rings. The quantitative estimate of drug-likeness (QED) is 0.463. The second-order valence-corrected chi connectivity index (χ2v) is 8.34. The van der Waals surface area contributed by atoms with E-state index in [1.54, 1.807) is 18.9 Å². The zero-order chi connectivity index (χ0) is 21.8. The van der Waals surface area contributed by atoms with Gasteiger partial charge < -0.3 is 14.4 Å². The van der Waals surface area contributed by atoms with Crippen LogP contribution in [-0.2, 0) is 9.47 Å². The normalized spacial score (nSPS) is 11.8. The van der Waals surface area contributed by atoms with Crippen LogP contribution in [0, 0.1) is 6.92 Å². The predicted molar refractivity (Wildman–Crippen MR) is 122 cm³/mol. The molecule has 0 aliphatic rings. The molecule has 8 nitrogen and oxygen atoms in total. The van der Waals surface area contributed by atoms with Crippen LogP contribution in [0.4, 0.5) is 5.82 Å². The van der Waals surface area contributed by atoms with Gasteiger partial charge in [-0.15, -0.1) is 5.10 Å². The van der Waals surface area contributed by atoms with E-state index in [2.05, 4.69) is 69.0 Å². The standard InChI is InChI=1S/C21H29BrN6O2/c1-7-27(16(11-29-5)12-30-6)20-19-21(24-14(4)23-20)28(26-25-19)18-9-8-15(13(2)3)10-17(18)22/h8-10,13,16H,7,11-12H2,1-6H3. The van der Waals surface area contributed by atoms with Gasteiger partial charge in [0.05, 0.1) is 24.9 Å². The van der Waals surface area contributed by atoms with Crippen molar-refractivity contribution in [3.8, 4) is 5.69 Å². The summed E-state index contributed by atoms with van der Waals surface area (Å²) in [6.45, 7) is 10.1. The van der Waals surface area contributed by atoms with E-state index >= 15 is 0 Å². The fourth-order valence-electron chi connectivity index (χ4n) is 3.52. The maximum Gasteiger partial charge on any atom is 0.189 e. The van der Waals surface area contributed by atoms with Crippen LogP contribution in [-0.4, -0.2) is 65.0 Å². The van der Waals surface area contributed by atoms with Crippen LogP contribution in [0.5, 0.6) is 0 Å². The smallest absolute Gasteiger partial charge is 0.189 e. The van der Waals surface area contributed by atoms with Crippen LogP contribution in [0.15, 0.2) is 22.7 Å². The number of rotatable bonds is 9. The van der Waals surface area contributed by atoms with Gasteiger partial charge in [0.1, 0.15) is 5.82 Å². The van der Waals surface area contributed by atoms with Crippen LogP contribution in [0.2, 0.25) is 0 Å². The average Bonchev–Trinajstić information content (AvgIpc) is 3.12. The van der Waals surface area contributed by atoms with Crippen molar-refractivity contribution < 1.29 is 9.47 Å². The van der Waals surface area contributed by atoms with Crippen LogP contribution in [0.1, 0.15) is 38.1 Å². The predicted octanol–water partition coefficient (Wildman–Crippen LogP) is 3.89. The van der Waals surface area contributed by atoms with Crippen LogP contribution < -0.4 is 4.90 Å². The Morgan fingerprint density at radius 1 is 1.13 bits per heavy atom. The Kier molecular flexibility index (Phi) is 7.38. The molecule has 0 amide bonds. The highest BCUT2D eigenvalue weighted by Gasteiger charge is 2.25. The zero-order valence-corrected chi connectivity index (χ0v) is 20.0. The Morgan fingerprint density at radius 2 is 1.83 bits per heavy atom. The van der Waals surface area contributed by atoms with Gasteiger partial charge in [-0.2, -0.15) is 4.68 Å². The molecule has 0 saturated heterocycles. The minimum Gasteiger partial charge on any atom is -0.382 e. The summed E-state index contributed by atoms with van der Waals surface area (Å²) in [4.78, 5) is 11.5. The average molecular weight is 477 g/mol. The van der Waals surface area contributed by atoms with Crippen molar-refractivity contribution in [1.29, 1.82) is 0 Å². The molecule has 3 rings (SSSR count). The van der Waals surface area contributed by atoms with E-state index in [0.29, 0.717) is 36.1 Å². The lowest BCUT2D eigenvalue weighted by molar-refractivity contribution is 0.115. The van der Waals surface area contributed by atoms with Gasteiger partial charge in [0.15, 0.2) is 17.0 Å². The number of anilines is 1. The molecular weight excluding hydrogens is 448 g/mol. The van der Waals surface area contributed by atoms with Gasteiger partial charge in [-0.1, -0.05) is 25.1 Å². The second-order valence-electron chi connectivity index (χ2n) is 7.48. The molecule has 0 aliphatic carbocycles. The summed E-state index contributed by atoms with van der Waals surface area (Å²) in [5, 5.41) is 8.87. The zero-order valence-electron chi connectivity index (χ0n) is 18.4. The number of halogens is 1. The first-order chi connectivity index (χ1) is 14.4. The van der Waals surface area contributed by atoms with E-state index in [-0.39, 0.29) is 6.04 Å². The fraction of sp³-hybridized carbons (Fsp3) is 0.524. The lowest BCUT2D eigenvalue weighted by Crippen LogP contribution is -2.42. The Hall–Kier alpha value is -2.10. The number of hydrogen-bond acceptors (Lipinski definition) is 7. The lowest BCUT2D eigenvalue weighted by atomic mass is 10.0. The Bertz CT molecular complexity index is 1000. The summed E-state index contributed by atoms with van der Waals surface area (Å²) in [7, 11) is 3.37. The molecule has 0 radical (unpaired) electrons. The van der Waals surface area contributed by atoms with Crippen molar-refractivity contribution in [3.63, 3.8) is 0 Å². The number of likely N-dealkylation sites (N-methyl/N-ethyl adjacent to an activating group) is 1. The second kappa shape index (κ2) is 9.80. The molecule has 0 fully saturated rings. The van der Waals surface area contributed by atoms with Crippen molar-refractivity contribution in [2.24, 2.45) is 0 Å². The molecule has 2 heterocycles. The maximum atomic E-state index is 5.41. The molecule has 0 bridgehead atoms. The van der Waals surface area contributed by atoms with E-state index in [4.69, 9.17) is 14.5 Å². The van der Waals surface area contributed by atoms with Crippen molar-refractivity contribution in [1.82, 2.24) is 25.0 Å². The third kappa shape index (κ3) is 4.48. The van der Waals surface area contributed by atoms with E-state index in [9.17, 15) is 0 Å². The minimum absolute atomic E-state index is 0.00436. The summed E-state index contributed by atoms with van der Waals surface area (Å²) in [6.07, 6.45) is 0. The summed E-state index contributed by atoms with van der Waals surface area (Å²) >= 11 is 3.69. The summed E-state index contributed by atoms with van der Waals surface area (Å²) in [5.41, 5.74) is 3.46. The third-order valence-electron chi connectivity index (χ3n) is 5.03. The molecular formula is C21H29BrN6O2. The number of aromatic nitrogens is 5. The number of fused-ring (bicyclic) bond motifs is 1. The van der Waals surface area contributed by atoms with Crippen molar-refractivity contribution in [2.75, 3.05) is 38.9 Å². The largest absolute Gasteiger partial charge is 0.382 e. The number of hydrogen-bond donors (Lipinski definition) is 0. The number of benzene rings is 1. The molecule has 1 aromatic carbocycles. The van der Waals surface area contributed by atoms with Crippen LogP contribution in [0.3, 0.4) is 0 Å². The molecule has 9 heteroatoms. The summed E-state index contributed by atoms with van der Waals surface area (Å²) in [6, 6.07) is 6.28. The molecule has 0 spiro atoms. The molecule has 2 aromatic heterocycles. The molecule has 0 atom stereocenters. The van der Waals surface area contributed by atoms with Gasteiger partial charge in [0.25, 0.3) is 0 Å². The topological polar surface area (TPSA) is 78.2 Å². The van der Waals surface area contributed by atoms with Crippen molar-refractivity contribution in [3.05, 3.63) is 34.1 Å². The molecule has 0 aliphatic heterocycles. The Balaban J connectivity index is 2.13. The van der Waals surface area contributed by atoms with Crippen LogP contribution in [0.25, 0.3) is 16.9 Å². The van der Waals surface area contributed by atoms with Gasteiger partial charge >= 0.3 is 0 Å². The van der Waals surface area contributed by atoms with Crippen molar-refractivity contribution in [2.45, 2.75) is 39.7 Å². The van der Waals surface area contributed by atoms with Gasteiger partial charge in [0.2, 0.25) is 0 Å². The molecule has 0 N–H and O–H groups in total. The molecule has 162 valence electrons. The highest BCUT2D eigenvalue weighted by atomic mass is 79.9. The van der Waals surface area contributed by atoms with Crippen LogP contribution >= 0.6 is 15.9 Å². The number of ether oxygens (including phenoxy) is 2. The molecule has 30 heavy (non-hydrogen) atoms. The summed E-state index contributed by atoms with van der Waals surface area (Å²) < 4.78 is 13.5. The van der Waals surface area contributed by atoms with E-state index < -0.39 is 0 Å². The Labute approximate surface area is 185 Å². The van der Waals surface area contributed by atoms with Gasteiger partial charge in [-0.3, -0.25) is 0 Å². The first kappa shape index (κ1) is 22.6. The van der Waals surface area contributed by atoms with E-state index in [1.165, 1.54) is 5.56 Å². The highest BCUT2D eigenvalue weighted by molar-refractivity contribution is 9.10. The first-order valence-corrected chi connectivity index (χ1v) is 10.8. The monoisotopic (exact) mass is 476 g/mol. The lowest BCUT2D eigenvalue weighted by Gasteiger charge is -2.30. The number of methoxy groups -OCH3 is 2. The van der Waals surface area contributed by atoms with Gasteiger partial charge in [0, 0.05) is 25.2 Å². The van der Waals surface area contributed by atoms with Gasteiger partial charge in [-0.25, -0.2) is 9.97 Å². The Morgan fingerprint density at radius 3 is 2.40 bits per heavy atom. The highest BCUT2D eigenvalue weighted by Crippen LogP contribution is 2.30. The third-order valence-corrected chi connectivity index (χ3v) is 5.67. The van der Waals surface area contributed by atoms with Crippen molar-refractivity contribution >= 4 is 32.9 Å². The molecule has 0 unspecified atom stereocenters.